The molecule has 2 rings (SSSR count). The minimum Gasteiger partial charge on any atom is -0.494 e. The van der Waals surface area contributed by atoms with Gasteiger partial charge in [-0.05, 0) is 31.5 Å². The van der Waals surface area contributed by atoms with Crippen LogP contribution in [0.2, 0.25) is 0 Å². The summed E-state index contributed by atoms with van der Waals surface area (Å²) in [5.41, 5.74) is 0.807. The van der Waals surface area contributed by atoms with Crippen molar-refractivity contribution in [2.75, 3.05) is 14.2 Å². The molecule has 0 saturated heterocycles. The largest absolute Gasteiger partial charge is 0.494 e. The number of ether oxygens (including phenoxy) is 1. The molecule has 8 heteroatoms. The molecule has 0 radical (unpaired) electrons. The molecular weight excluding hydrogens is 311 g/mol. The number of hydrogen-bond donors (Lipinski definition) is 0. The number of rotatable bonds is 5. The van der Waals surface area contributed by atoms with Gasteiger partial charge in [-0.1, -0.05) is 11.2 Å². The molecule has 2 aromatic rings. The summed E-state index contributed by atoms with van der Waals surface area (Å²) in [5, 5.41) is 3.65. The van der Waals surface area contributed by atoms with Crippen LogP contribution in [-0.2, 0) is 16.6 Å². The first-order valence-corrected chi connectivity index (χ1v) is 7.93. The van der Waals surface area contributed by atoms with Gasteiger partial charge in [0.1, 0.15) is 10.6 Å². The highest BCUT2D eigenvalue weighted by molar-refractivity contribution is 7.89. The first kappa shape index (κ1) is 16.4. The molecule has 1 aromatic heterocycles. The number of methoxy groups -OCH3 is 1. The van der Waals surface area contributed by atoms with Crippen LogP contribution >= 0.6 is 0 Å². The van der Waals surface area contributed by atoms with Crippen LogP contribution in [0.1, 0.15) is 17.0 Å². The van der Waals surface area contributed by atoms with Crippen LogP contribution < -0.4 is 4.74 Å². The number of hydrogen-bond acceptors (Lipinski definition) is 5. The van der Waals surface area contributed by atoms with E-state index in [0.29, 0.717) is 11.3 Å². The third kappa shape index (κ3) is 2.97. The van der Waals surface area contributed by atoms with Gasteiger partial charge in [0.25, 0.3) is 0 Å². The highest BCUT2D eigenvalue weighted by atomic mass is 32.2. The van der Waals surface area contributed by atoms with E-state index in [0.717, 1.165) is 4.31 Å². The predicted molar refractivity (Wildman–Crippen MR) is 77.6 cm³/mol. The molecule has 0 spiro atoms. The fourth-order valence-electron chi connectivity index (χ4n) is 2.15. The molecule has 22 heavy (non-hydrogen) atoms. The predicted octanol–water partition coefficient (Wildman–Crippen LogP) is 2.26. The summed E-state index contributed by atoms with van der Waals surface area (Å²) in [4.78, 5) is 0.0454. The van der Waals surface area contributed by atoms with Gasteiger partial charge in [0, 0.05) is 13.6 Å². The average Bonchev–Trinajstić information content (AvgIpc) is 2.78. The summed E-state index contributed by atoms with van der Waals surface area (Å²) < 4.78 is 49.7. The highest BCUT2D eigenvalue weighted by Gasteiger charge is 2.28. The topological polar surface area (TPSA) is 72.6 Å². The lowest BCUT2D eigenvalue weighted by Gasteiger charge is -2.17. The Hall–Kier alpha value is -1.93. The van der Waals surface area contributed by atoms with Crippen molar-refractivity contribution in [3.8, 4) is 5.75 Å². The Balaban J connectivity index is 2.29. The van der Waals surface area contributed by atoms with Gasteiger partial charge in [-0.15, -0.1) is 0 Å². The van der Waals surface area contributed by atoms with Crippen LogP contribution in [0.15, 0.2) is 27.6 Å². The van der Waals surface area contributed by atoms with E-state index in [1.54, 1.807) is 13.0 Å². The van der Waals surface area contributed by atoms with Gasteiger partial charge < -0.3 is 9.26 Å². The zero-order valence-corrected chi connectivity index (χ0v) is 13.6. The Bertz CT molecular complexity index is 767. The Kier molecular flexibility index (Phi) is 4.52. The molecule has 0 aliphatic rings. The van der Waals surface area contributed by atoms with Crippen molar-refractivity contribution in [3.05, 3.63) is 41.0 Å². The van der Waals surface area contributed by atoms with Crippen LogP contribution in [0.5, 0.6) is 5.75 Å². The lowest BCUT2D eigenvalue weighted by atomic mass is 10.2. The quantitative estimate of drug-likeness (QED) is 0.842. The average molecular weight is 328 g/mol. The Labute approximate surface area is 128 Å². The molecule has 0 bridgehead atoms. The molecule has 1 aromatic carbocycles. The second kappa shape index (κ2) is 6.05. The van der Waals surface area contributed by atoms with Crippen molar-refractivity contribution in [1.29, 1.82) is 0 Å². The number of halogens is 1. The van der Waals surface area contributed by atoms with Crippen molar-refractivity contribution in [1.82, 2.24) is 9.46 Å². The third-order valence-electron chi connectivity index (χ3n) is 3.26. The molecule has 0 amide bonds. The maximum absolute atomic E-state index is 13.7. The lowest BCUT2D eigenvalue weighted by Crippen LogP contribution is -2.27. The van der Waals surface area contributed by atoms with E-state index in [2.05, 4.69) is 5.16 Å². The summed E-state index contributed by atoms with van der Waals surface area (Å²) in [6.45, 7) is 3.12. The van der Waals surface area contributed by atoms with Gasteiger partial charge in [-0.25, -0.2) is 12.8 Å². The van der Waals surface area contributed by atoms with Gasteiger partial charge in [0.05, 0.1) is 7.11 Å². The normalized spacial score (nSPS) is 11.9. The summed E-state index contributed by atoms with van der Waals surface area (Å²) in [7, 11) is -0.973. The fraction of sp³-hybridized carbons (Fsp3) is 0.357. The zero-order chi connectivity index (χ0) is 16.5. The number of aryl methyl sites for hydroxylation is 2. The van der Waals surface area contributed by atoms with E-state index in [-0.39, 0.29) is 22.9 Å². The van der Waals surface area contributed by atoms with Crippen LogP contribution in [0.4, 0.5) is 4.39 Å². The zero-order valence-electron chi connectivity index (χ0n) is 12.8. The second-order valence-electron chi connectivity index (χ2n) is 4.88. The van der Waals surface area contributed by atoms with Gasteiger partial charge in [0.15, 0.2) is 17.3 Å². The lowest BCUT2D eigenvalue weighted by molar-refractivity contribution is 0.385. The van der Waals surface area contributed by atoms with Crippen molar-refractivity contribution < 1.29 is 22.1 Å². The van der Waals surface area contributed by atoms with Crippen molar-refractivity contribution in [2.45, 2.75) is 25.3 Å². The van der Waals surface area contributed by atoms with E-state index in [1.807, 2.05) is 0 Å². The molecule has 0 aliphatic carbocycles. The first-order chi connectivity index (χ1) is 10.3. The molecule has 0 aliphatic heterocycles. The highest BCUT2D eigenvalue weighted by Crippen LogP contribution is 2.24. The molecule has 1 heterocycles. The second-order valence-corrected chi connectivity index (χ2v) is 6.87. The van der Waals surface area contributed by atoms with Crippen LogP contribution in [-0.4, -0.2) is 32.0 Å². The number of sulfonamides is 1. The van der Waals surface area contributed by atoms with Crippen LogP contribution in [0, 0.1) is 19.7 Å². The smallest absolute Gasteiger partial charge is 0.248 e. The molecule has 0 saturated carbocycles. The first-order valence-electron chi connectivity index (χ1n) is 6.49. The molecule has 0 N–H and O–H groups in total. The summed E-state index contributed by atoms with van der Waals surface area (Å²) in [6, 6.07) is 4.32. The maximum atomic E-state index is 13.7. The molecule has 0 fully saturated rings. The van der Waals surface area contributed by atoms with E-state index >= 15 is 0 Å². The van der Waals surface area contributed by atoms with E-state index < -0.39 is 15.8 Å². The number of nitrogens with zero attached hydrogens (tertiary/aromatic N) is 2. The van der Waals surface area contributed by atoms with Gasteiger partial charge in [0.2, 0.25) is 10.0 Å². The minimum atomic E-state index is -3.76. The maximum Gasteiger partial charge on any atom is 0.248 e. The van der Waals surface area contributed by atoms with Gasteiger partial charge in [-0.3, -0.25) is 0 Å². The van der Waals surface area contributed by atoms with Crippen LogP contribution in [0.25, 0.3) is 0 Å². The fourth-order valence-corrected chi connectivity index (χ4v) is 3.59. The van der Waals surface area contributed by atoms with Crippen LogP contribution in [0.3, 0.4) is 0 Å². The molecular formula is C14H17FN2O4S. The van der Waals surface area contributed by atoms with E-state index in [4.69, 9.17) is 9.26 Å². The molecule has 6 nitrogen and oxygen atoms in total. The summed E-state index contributed by atoms with van der Waals surface area (Å²) >= 11 is 0. The van der Waals surface area contributed by atoms with E-state index in [1.165, 1.54) is 33.2 Å². The Morgan fingerprint density at radius 3 is 2.55 bits per heavy atom. The van der Waals surface area contributed by atoms with E-state index in [9.17, 15) is 12.8 Å². The Morgan fingerprint density at radius 1 is 1.36 bits per heavy atom. The van der Waals surface area contributed by atoms with Crippen molar-refractivity contribution in [3.63, 3.8) is 0 Å². The number of benzene rings is 1. The summed E-state index contributed by atoms with van der Waals surface area (Å²) in [6.07, 6.45) is 0. The number of aromatic nitrogens is 1. The molecule has 0 unspecified atom stereocenters. The van der Waals surface area contributed by atoms with Gasteiger partial charge >= 0.3 is 0 Å². The molecule has 0 atom stereocenters. The third-order valence-corrected chi connectivity index (χ3v) is 5.31. The van der Waals surface area contributed by atoms with Crippen molar-refractivity contribution in [2.24, 2.45) is 0 Å². The summed E-state index contributed by atoms with van der Waals surface area (Å²) in [5.74, 6) is -0.201. The SMILES string of the molecule is COc1ccc(CN(C)S(=O)(=O)c2c(C)noc2C)cc1F. The Morgan fingerprint density at radius 2 is 2.05 bits per heavy atom. The minimum absolute atomic E-state index is 0.0211. The standard InChI is InChI=1S/C14H17FN2O4S/c1-9-14(10(2)21-16-9)22(18,19)17(3)8-11-5-6-13(20-4)12(15)7-11/h5-7H,8H2,1-4H3. The monoisotopic (exact) mass is 328 g/mol. The molecule has 120 valence electrons. The van der Waals surface area contributed by atoms with Crippen molar-refractivity contribution >= 4 is 10.0 Å². The van der Waals surface area contributed by atoms with Gasteiger partial charge in [-0.2, -0.15) is 4.31 Å².